The Hall–Kier alpha value is -1.05. The highest BCUT2D eigenvalue weighted by Gasteiger charge is 2.06. The first kappa shape index (κ1) is 9.04. The molecule has 0 aromatic carbocycles. The predicted octanol–water partition coefficient (Wildman–Crippen LogP) is 2.28. The average molecular weight is 165 g/mol. The summed E-state index contributed by atoms with van der Waals surface area (Å²) in [6, 6.07) is 3.24. The van der Waals surface area contributed by atoms with Crippen LogP contribution in [0.2, 0.25) is 0 Å². The number of aromatic amines is 1. The summed E-state index contributed by atoms with van der Waals surface area (Å²) in [6.07, 6.45) is 3.88. The number of hydrogen-bond donors (Lipinski definition) is 1. The van der Waals surface area contributed by atoms with E-state index in [1.165, 1.54) is 0 Å². The van der Waals surface area contributed by atoms with Gasteiger partial charge in [-0.2, -0.15) is 0 Å². The van der Waals surface area contributed by atoms with Crippen LogP contribution < -0.4 is 5.43 Å². The fourth-order valence-electron chi connectivity index (χ4n) is 1.43. The minimum atomic E-state index is 0.0932. The van der Waals surface area contributed by atoms with E-state index in [1.807, 2.05) is 0 Å². The third kappa shape index (κ3) is 1.97. The zero-order valence-corrected chi connectivity index (χ0v) is 7.63. The molecule has 0 fully saturated rings. The summed E-state index contributed by atoms with van der Waals surface area (Å²) in [5.41, 5.74) is 1.16. The summed E-state index contributed by atoms with van der Waals surface area (Å²) in [7, 11) is 0. The number of nitrogens with one attached hydrogen (secondary N) is 1. The zero-order valence-electron chi connectivity index (χ0n) is 7.63. The minimum absolute atomic E-state index is 0.0932. The molecule has 1 rings (SSSR count). The van der Waals surface area contributed by atoms with Gasteiger partial charge in [0, 0.05) is 24.0 Å². The number of pyridine rings is 1. The van der Waals surface area contributed by atoms with Crippen LogP contribution >= 0.6 is 0 Å². The topological polar surface area (TPSA) is 32.9 Å². The molecule has 0 saturated heterocycles. The first-order chi connectivity index (χ1) is 5.77. The van der Waals surface area contributed by atoms with Gasteiger partial charge in [-0.15, -0.1) is 0 Å². The van der Waals surface area contributed by atoms with Gasteiger partial charge in [0.05, 0.1) is 0 Å². The summed E-state index contributed by atoms with van der Waals surface area (Å²) in [5.74, 6) is 0.499. The van der Waals surface area contributed by atoms with E-state index in [4.69, 9.17) is 0 Å². The van der Waals surface area contributed by atoms with Crippen LogP contribution in [0.4, 0.5) is 0 Å². The lowest BCUT2D eigenvalue weighted by atomic mass is 9.99. The molecule has 1 aromatic heterocycles. The van der Waals surface area contributed by atoms with Gasteiger partial charge in [0.25, 0.3) is 0 Å². The molecule has 0 aliphatic carbocycles. The molecule has 2 heteroatoms. The van der Waals surface area contributed by atoms with Gasteiger partial charge < -0.3 is 4.98 Å². The Kier molecular flexibility index (Phi) is 3.09. The molecule has 66 valence electrons. The Morgan fingerprint density at radius 2 is 2.08 bits per heavy atom. The summed E-state index contributed by atoms with van der Waals surface area (Å²) in [5, 5.41) is 0. The van der Waals surface area contributed by atoms with Gasteiger partial charge in [0.15, 0.2) is 5.43 Å². The molecule has 1 heterocycles. The average Bonchev–Trinajstić information content (AvgIpc) is 2.07. The molecule has 0 unspecified atom stereocenters. The van der Waals surface area contributed by atoms with Crippen molar-refractivity contribution in [1.82, 2.24) is 4.98 Å². The first-order valence-corrected chi connectivity index (χ1v) is 4.46. The van der Waals surface area contributed by atoms with Gasteiger partial charge in [0.1, 0.15) is 0 Å². The maximum Gasteiger partial charge on any atom is 0.181 e. The van der Waals surface area contributed by atoms with E-state index in [9.17, 15) is 4.79 Å². The van der Waals surface area contributed by atoms with Crippen LogP contribution in [0.3, 0.4) is 0 Å². The predicted molar refractivity (Wildman–Crippen MR) is 50.4 cm³/mol. The molecule has 1 N–H and O–H groups in total. The van der Waals surface area contributed by atoms with Gasteiger partial charge in [-0.3, -0.25) is 4.79 Å². The Balaban J connectivity index is 2.93. The van der Waals surface area contributed by atoms with E-state index in [2.05, 4.69) is 18.8 Å². The molecule has 12 heavy (non-hydrogen) atoms. The quantitative estimate of drug-likeness (QED) is 0.732. The summed E-state index contributed by atoms with van der Waals surface area (Å²) >= 11 is 0. The van der Waals surface area contributed by atoms with Crippen LogP contribution in [0.5, 0.6) is 0 Å². The van der Waals surface area contributed by atoms with Crippen molar-refractivity contribution in [2.75, 3.05) is 0 Å². The van der Waals surface area contributed by atoms with Crippen molar-refractivity contribution in [3.63, 3.8) is 0 Å². The maximum absolute atomic E-state index is 11.0. The van der Waals surface area contributed by atoms with E-state index < -0.39 is 0 Å². The van der Waals surface area contributed by atoms with Gasteiger partial charge in [-0.1, -0.05) is 13.8 Å². The second kappa shape index (κ2) is 4.10. The van der Waals surface area contributed by atoms with Crippen molar-refractivity contribution in [3.05, 3.63) is 34.2 Å². The normalized spacial score (nSPS) is 10.6. The molecule has 0 saturated carbocycles. The number of aromatic nitrogens is 1. The van der Waals surface area contributed by atoms with E-state index in [0.717, 1.165) is 18.5 Å². The molecule has 0 radical (unpaired) electrons. The molecule has 0 spiro atoms. The molecule has 1 aromatic rings. The van der Waals surface area contributed by atoms with Crippen LogP contribution in [0.15, 0.2) is 23.1 Å². The standard InChI is InChI=1S/C10H15NO/c1-3-8(4-2)10-7-9(12)5-6-11-10/h5-8H,3-4H2,1-2H3,(H,11,12). The van der Waals surface area contributed by atoms with Gasteiger partial charge >= 0.3 is 0 Å². The molecular weight excluding hydrogens is 150 g/mol. The molecule has 0 amide bonds. The first-order valence-electron chi connectivity index (χ1n) is 4.46. The fraction of sp³-hybridized carbons (Fsp3) is 0.500. The van der Waals surface area contributed by atoms with Crippen molar-refractivity contribution < 1.29 is 0 Å². The third-order valence-corrected chi connectivity index (χ3v) is 2.22. The third-order valence-electron chi connectivity index (χ3n) is 2.22. The second-order valence-electron chi connectivity index (χ2n) is 2.99. The molecule has 0 bridgehead atoms. The van der Waals surface area contributed by atoms with Crippen molar-refractivity contribution in [2.45, 2.75) is 32.6 Å². The van der Waals surface area contributed by atoms with Gasteiger partial charge in [0.2, 0.25) is 0 Å². The van der Waals surface area contributed by atoms with Crippen LogP contribution in [0.25, 0.3) is 0 Å². The lowest BCUT2D eigenvalue weighted by Crippen LogP contribution is -2.05. The highest BCUT2D eigenvalue weighted by molar-refractivity contribution is 5.09. The number of rotatable bonds is 3. The molecule has 0 aliphatic rings. The van der Waals surface area contributed by atoms with Gasteiger partial charge in [-0.05, 0) is 18.8 Å². The van der Waals surface area contributed by atoms with E-state index in [-0.39, 0.29) is 5.43 Å². The minimum Gasteiger partial charge on any atom is -0.365 e. The van der Waals surface area contributed by atoms with E-state index >= 15 is 0 Å². The second-order valence-corrected chi connectivity index (χ2v) is 2.99. The largest absolute Gasteiger partial charge is 0.365 e. The van der Waals surface area contributed by atoms with Crippen LogP contribution in [-0.4, -0.2) is 4.98 Å². The smallest absolute Gasteiger partial charge is 0.181 e. The lowest BCUT2D eigenvalue weighted by molar-refractivity contribution is 0.622. The Morgan fingerprint density at radius 3 is 2.58 bits per heavy atom. The molecular formula is C10H15NO. The van der Waals surface area contributed by atoms with Crippen LogP contribution in [-0.2, 0) is 0 Å². The molecule has 0 atom stereocenters. The van der Waals surface area contributed by atoms with Crippen LogP contribution in [0, 0.1) is 0 Å². The molecule has 2 nitrogen and oxygen atoms in total. The SMILES string of the molecule is CCC(CC)c1cc(=O)cc[nH]1. The summed E-state index contributed by atoms with van der Waals surface area (Å²) in [4.78, 5) is 14.1. The number of hydrogen-bond acceptors (Lipinski definition) is 1. The Bertz CT molecular complexity index is 286. The Morgan fingerprint density at radius 1 is 1.42 bits per heavy atom. The Labute approximate surface area is 72.6 Å². The fourth-order valence-corrected chi connectivity index (χ4v) is 1.43. The van der Waals surface area contributed by atoms with Crippen molar-refractivity contribution in [3.8, 4) is 0 Å². The van der Waals surface area contributed by atoms with E-state index in [1.54, 1.807) is 18.3 Å². The van der Waals surface area contributed by atoms with Crippen LogP contribution in [0.1, 0.15) is 38.3 Å². The van der Waals surface area contributed by atoms with Crippen molar-refractivity contribution in [1.29, 1.82) is 0 Å². The van der Waals surface area contributed by atoms with Crippen molar-refractivity contribution in [2.24, 2.45) is 0 Å². The molecule has 0 aliphatic heterocycles. The summed E-state index contributed by atoms with van der Waals surface area (Å²) < 4.78 is 0. The zero-order chi connectivity index (χ0) is 8.97. The lowest BCUT2D eigenvalue weighted by Gasteiger charge is -2.11. The number of H-pyrrole nitrogens is 1. The highest BCUT2D eigenvalue weighted by Crippen LogP contribution is 2.18. The maximum atomic E-state index is 11.0. The highest BCUT2D eigenvalue weighted by atomic mass is 16.1. The van der Waals surface area contributed by atoms with Crippen molar-refractivity contribution >= 4 is 0 Å². The summed E-state index contributed by atoms with van der Waals surface area (Å²) in [6.45, 7) is 4.28. The monoisotopic (exact) mass is 165 g/mol. The van der Waals surface area contributed by atoms with Gasteiger partial charge in [-0.25, -0.2) is 0 Å². The van der Waals surface area contributed by atoms with E-state index in [0.29, 0.717) is 5.92 Å².